The second-order valence-electron chi connectivity index (χ2n) is 0.959. The van der Waals surface area contributed by atoms with E-state index in [0.29, 0.717) is 0 Å². The maximum absolute atomic E-state index is 3.66. The third kappa shape index (κ3) is 2.11. The Morgan fingerprint density at radius 2 is 2.14 bits per heavy atom. The van der Waals surface area contributed by atoms with Crippen molar-refractivity contribution in [3.8, 4) is 0 Å². The van der Waals surface area contributed by atoms with Crippen LogP contribution < -0.4 is 17.5 Å². The zero-order valence-electron chi connectivity index (χ0n) is 3.63. The Hall–Kier alpha value is -0.630. The molecule has 0 aliphatic carbocycles. The number of hydrogen-bond donors (Lipinski definition) is 0. The SMILES string of the molecule is [Cl-].c1cc[nH+]nc1. The molecular weight excluding hydrogens is 112 g/mol. The molecule has 1 aromatic rings. The van der Waals surface area contributed by atoms with Gasteiger partial charge in [0.15, 0.2) is 6.20 Å². The monoisotopic (exact) mass is 116 g/mol. The van der Waals surface area contributed by atoms with Crippen LogP contribution >= 0.6 is 0 Å². The van der Waals surface area contributed by atoms with Crippen LogP contribution in [0.2, 0.25) is 0 Å². The van der Waals surface area contributed by atoms with Crippen molar-refractivity contribution in [1.29, 1.82) is 0 Å². The van der Waals surface area contributed by atoms with E-state index >= 15 is 0 Å². The lowest BCUT2D eigenvalue weighted by Gasteiger charge is -1.61. The number of aromatic nitrogens is 2. The average Bonchev–Trinajstić information content (AvgIpc) is 1.72. The van der Waals surface area contributed by atoms with Crippen molar-refractivity contribution < 1.29 is 17.5 Å². The van der Waals surface area contributed by atoms with Gasteiger partial charge in [-0.3, -0.25) is 0 Å². The van der Waals surface area contributed by atoms with Crippen LogP contribution in [0.4, 0.5) is 0 Å². The minimum Gasteiger partial charge on any atom is -1.00 e. The molecule has 1 heterocycles. The zero-order chi connectivity index (χ0) is 4.24. The first kappa shape index (κ1) is 6.37. The molecule has 1 rings (SSSR count). The molecule has 0 aromatic carbocycles. The molecule has 0 unspecified atom stereocenters. The van der Waals surface area contributed by atoms with Crippen LogP contribution in [0, 0.1) is 0 Å². The van der Waals surface area contributed by atoms with Crippen molar-refractivity contribution in [3.63, 3.8) is 0 Å². The van der Waals surface area contributed by atoms with E-state index < -0.39 is 0 Å². The van der Waals surface area contributed by atoms with Crippen LogP contribution in [-0.4, -0.2) is 5.10 Å². The molecule has 0 spiro atoms. The predicted octanol–water partition coefficient (Wildman–Crippen LogP) is -3.10. The topological polar surface area (TPSA) is 27.0 Å². The van der Waals surface area contributed by atoms with Crippen molar-refractivity contribution in [3.05, 3.63) is 24.5 Å². The molecular formula is C4H5ClN2. The van der Waals surface area contributed by atoms with Gasteiger partial charge in [-0.2, -0.15) is 0 Å². The molecule has 1 N–H and O–H groups in total. The smallest absolute Gasteiger partial charge is 0.193 e. The molecule has 0 saturated heterocycles. The number of aromatic amines is 1. The van der Waals surface area contributed by atoms with E-state index in [1.54, 1.807) is 12.4 Å². The maximum atomic E-state index is 3.66. The van der Waals surface area contributed by atoms with E-state index in [1.807, 2.05) is 12.1 Å². The van der Waals surface area contributed by atoms with E-state index in [9.17, 15) is 0 Å². The summed E-state index contributed by atoms with van der Waals surface area (Å²) in [5, 5.41) is 6.30. The predicted molar refractivity (Wildman–Crippen MR) is 20.8 cm³/mol. The second kappa shape index (κ2) is 3.56. The van der Waals surface area contributed by atoms with Gasteiger partial charge in [-0.15, -0.1) is 5.10 Å². The molecule has 3 heteroatoms. The van der Waals surface area contributed by atoms with Gasteiger partial charge >= 0.3 is 0 Å². The third-order valence-corrected chi connectivity index (χ3v) is 0.517. The molecule has 0 aliphatic heterocycles. The summed E-state index contributed by atoms with van der Waals surface area (Å²) in [6, 6.07) is 3.74. The normalized spacial score (nSPS) is 6.86. The molecule has 0 saturated carbocycles. The highest BCUT2D eigenvalue weighted by molar-refractivity contribution is 4.75. The molecule has 0 fully saturated rings. The van der Waals surface area contributed by atoms with Crippen LogP contribution in [0.25, 0.3) is 0 Å². The van der Waals surface area contributed by atoms with Crippen molar-refractivity contribution >= 4 is 0 Å². The van der Waals surface area contributed by atoms with E-state index in [-0.39, 0.29) is 12.4 Å². The van der Waals surface area contributed by atoms with Crippen molar-refractivity contribution in [2.45, 2.75) is 0 Å². The first-order valence-electron chi connectivity index (χ1n) is 1.77. The van der Waals surface area contributed by atoms with Gasteiger partial charge in [-0.25, -0.2) is 0 Å². The Morgan fingerprint density at radius 3 is 2.29 bits per heavy atom. The maximum Gasteiger partial charge on any atom is 0.193 e. The fourth-order valence-corrected chi connectivity index (χ4v) is 0.277. The Morgan fingerprint density at radius 1 is 1.29 bits per heavy atom. The van der Waals surface area contributed by atoms with E-state index in [2.05, 4.69) is 10.2 Å². The summed E-state index contributed by atoms with van der Waals surface area (Å²) in [6.45, 7) is 0. The van der Waals surface area contributed by atoms with E-state index in [4.69, 9.17) is 0 Å². The fraction of sp³-hybridized carbons (Fsp3) is 0. The Kier molecular flexibility index (Phi) is 3.24. The van der Waals surface area contributed by atoms with Crippen molar-refractivity contribution in [1.82, 2.24) is 5.10 Å². The third-order valence-electron chi connectivity index (χ3n) is 0.517. The number of hydrogen-bond acceptors (Lipinski definition) is 1. The highest BCUT2D eigenvalue weighted by atomic mass is 35.5. The number of halogens is 1. The summed E-state index contributed by atoms with van der Waals surface area (Å²) in [4.78, 5) is 0. The number of nitrogens with one attached hydrogen (secondary N) is 1. The lowest BCUT2D eigenvalue weighted by Crippen LogP contribution is -3.00. The molecule has 0 radical (unpaired) electrons. The van der Waals surface area contributed by atoms with E-state index in [1.165, 1.54) is 0 Å². The Balaban J connectivity index is 0.000000360. The first-order chi connectivity index (χ1) is 3.00. The number of nitrogens with zero attached hydrogens (tertiary/aromatic N) is 1. The molecule has 0 aliphatic rings. The molecule has 38 valence electrons. The van der Waals surface area contributed by atoms with Gasteiger partial charge in [0.05, 0.1) is 6.20 Å². The number of H-pyrrole nitrogens is 1. The summed E-state index contributed by atoms with van der Waals surface area (Å²) in [6.07, 6.45) is 3.46. The van der Waals surface area contributed by atoms with Gasteiger partial charge in [-0.05, 0) is 11.2 Å². The van der Waals surface area contributed by atoms with Crippen LogP contribution in [0.5, 0.6) is 0 Å². The average molecular weight is 117 g/mol. The second-order valence-corrected chi connectivity index (χ2v) is 0.959. The Bertz CT molecular complexity index is 81.6. The van der Waals surface area contributed by atoms with Gasteiger partial charge in [-0.1, -0.05) is 0 Å². The quantitative estimate of drug-likeness (QED) is 0.353. The van der Waals surface area contributed by atoms with E-state index in [0.717, 1.165) is 0 Å². The highest BCUT2D eigenvalue weighted by Gasteiger charge is 1.66. The largest absolute Gasteiger partial charge is 1.00 e. The summed E-state index contributed by atoms with van der Waals surface area (Å²) < 4.78 is 0. The zero-order valence-corrected chi connectivity index (χ0v) is 4.39. The summed E-state index contributed by atoms with van der Waals surface area (Å²) in [5.74, 6) is 0. The summed E-state index contributed by atoms with van der Waals surface area (Å²) in [7, 11) is 0. The van der Waals surface area contributed by atoms with Crippen LogP contribution in [0.1, 0.15) is 0 Å². The minimum absolute atomic E-state index is 0. The Labute approximate surface area is 48.0 Å². The molecule has 1 aromatic heterocycles. The lowest BCUT2D eigenvalue weighted by atomic mass is 10.6. The first-order valence-corrected chi connectivity index (χ1v) is 1.77. The minimum atomic E-state index is 0. The molecule has 2 nitrogen and oxygen atoms in total. The van der Waals surface area contributed by atoms with Gasteiger partial charge in [0, 0.05) is 6.07 Å². The lowest BCUT2D eigenvalue weighted by molar-refractivity contribution is -0.455. The van der Waals surface area contributed by atoms with Crippen LogP contribution in [0.3, 0.4) is 0 Å². The van der Waals surface area contributed by atoms with Gasteiger partial charge in [0.1, 0.15) is 0 Å². The molecule has 0 bridgehead atoms. The van der Waals surface area contributed by atoms with Gasteiger partial charge in [0.25, 0.3) is 0 Å². The van der Waals surface area contributed by atoms with Crippen LogP contribution in [-0.2, 0) is 0 Å². The van der Waals surface area contributed by atoms with Gasteiger partial charge in [0.2, 0.25) is 0 Å². The van der Waals surface area contributed by atoms with Crippen molar-refractivity contribution in [2.24, 2.45) is 0 Å². The molecule has 0 amide bonds. The molecule has 7 heavy (non-hydrogen) atoms. The van der Waals surface area contributed by atoms with Crippen molar-refractivity contribution in [2.75, 3.05) is 0 Å². The number of rotatable bonds is 0. The summed E-state index contributed by atoms with van der Waals surface area (Å²) in [5.41, 5.74) is 0. The standard InChI is InChI=1S/C4H4N2.ClH/c1-2-4-6-5-3-1;/h1-4H;1H. The highest BCUT2D eigenvalue weighted by Crippen LogP contribution is 1.63. The molecule has 0 atom stereocenters. The fourth-order valence-electron chi connectivity index (χ4n) is 0.277. The summed E-state index contributed by atoms with van der Waals surface area (Å²) >= 11 is 0. The van der Waals surface area contributed by atoms with Gasteiger partial charge < -0.3 is 12.4 Å². The van der Waals surface area contributed by atoms with Crippen LogP contribution in [0.15, 0.2) is 24.5 Å².